The molecule has 15 heavy (non-hydrogen) atoms. The van der Waals surface area contributed by atoms with Crippen LogP contribution in [0, 0.1) is 0 Å². The normalized spacial score (nSPS) is 20.9. The molecule has 1 unspecified atom stereocenters. The van der Waals surface area contributed by atoms with Gasteiger partial charge in [0.2, 0.25) is 5.95 Å². The summed E-state index contributed by atoms with van der Waals surface area (Å²) in [6.07, 6.45) is 6.06. The molecule has 0 aromatic carbocycles. The van der Waals surface area contributed by atoms with Crippen molar-refractivity contribution in [2.24, 2.45) is 0 Å². The van der Waals surface area contributed by atoms with Crippen LogP contribution in [-0.2, 0) is 0 Å². The summed E-state index contributed by atoms with van der Waals surface area (Å²) in [6.45, 7) is 2.06. The lowest BCUT2D eigenvalue weighted by atomic mass is 10.2. The maximum absolute atomic E-state index is 4.33. The highest BCUT2D eigenvalue weighted by Crippen LogP contribution is 2.22. The number of rotatable bonds is 3. The minimum absolute atomic E-state index is 0.538. The van der Waals surface area contributed by atoms with Gasteiger partial charge in [0.05, 0.1) is 4.47 Å². The quantitative estimate of drug-likeness (QED) is 0.903. The van der Waals surface area contributed by atoms with E-state index in [9.17, 15) is 0 Å². The van der Waals surface area contributed by atoms with Gasteiger partial charge >= 0.3 is 0 Å². The van der Waals surface area contributed by atoms with Crippen LogP contribution in [0.25, 0.3) is 0 Å². The summed E-state index contributed by atoms with van der Waals surface area (Å²) in [7, 11) is 1.99. The van der Waals surface area contributed by atoms with E-state index in [0.29, 0.717) is 6.04 Å². The zero-order valence-corrected chi connectivity index (χ0v) is 10.4. The van der Waals surface area contributed by atoms with Crippen LogP contribution in [0.1, 0.15) is 12.8 Å². The molecule has 1 aromatic rings. The summed E-state index contributed by atoms with van der Waals surface area (Å²) in [5.74, 6) is 0.843. The summed E-state index contributed by atoms with van der Waals surface area (Å²) < 4.78 is 0.926. The Morgan fingerprint density at radius 1 is 1.53 bits per heavy atom. The second-order valence-electron chi connectivity index (χ2n) is 3.75. The Kier molecular flexibility index (Phi) is 3.53. The van der Waals surface area contributed by atoms with Crippen LogP contribution in [-0.4, -0.2) is 36.1 Å². The third-order valence-corrected chi connectivity index (χ3v) is 3.09. The van der Waals surface area contributed by atoms with Crippen molar-refractivity contribution in [3.63, 3.8) is 0 Å². The highest BCUT2D eigenvalue weighted by molar-refractivity contribution is 9.10. The van der Waals surface area contributed by atoms with Crippen LogP contribution in [0.2, 0.25) is 0 Å². The minimum atomic E-state index is 0.538. The molecule has 0 radical (unpaired) electrons. The lowest BCUT2D eigenvalue weighted by molar-refractivity contribution is 0.607. The zero-order chi connectivity index (χ0) is 10.7. The monoisotopic (exact) mass is 270 g/mol. The van der Waals surface area contributed by atoms with Crippen molar-refractivity contribution in [3.05, 3.63) is 16.9 Å². The highest BCUT2D eigenvalue weighted by Gasteiger charge is 2.25. The van der Waals surface area contributed by atoms with E-state index in [4.69, 9.17) is 0 Å². The fourth-order valence-electron chi connectivity index (χ4n) is 2.00. The van der Waals surface area contributed by atoms with Crippen LogP contribution in [0.4, 0.5) is 5.95 Å². The Labute approximate surface area is 98.2 Å². The number of halogens is 1. The van der Waals surface area contributed by atoms with Gasteiger partial charge < -0.3 is 10.2 Å². The van der Waals surface area contributed by atoms with E-state index in [0.717, 1.165) is 23.5 Å². The van der Waals surface area contributed by atoms with Crippen molar-refractivity contribution in [3.8, 4) is 0 Å². The van der Waals surface area contributed by atoms with Crippen molar-refractivity contribution in [1.29, 1.82) is 0 Å². The molecule has 1 aromatic heterocycles. The van der Waals surface area contributed by atoms with Gasteiger partial charge in [-0.1, -0.05) is 0 Å². The van der Waals surface area contributed by atoms with E-state index in [2.05, 4.69) is 36.1 Å². The summed E-state index contributed by atoms with van der Waals surface area (Å²) in [5.41, 5.74) is 0. The van der Waals surface area contributed by atoms with Crippen molar-refractivity contribution >= 4 is 21.9 Å². The summed E-state index contributed by atoms with van der Waals surface area (Å²) in [5, 5.41) is 3.21. The molecule has 0 spiro atoms. The predicted octanol–water partition coefficient (Wildman–Crippen LogP) is 1.43. The molecule has 2 rings (SSSR count). The van der Waals surface area contributed by atoms with Crippen molar-refractivity contribution in [1.82, 2.24) is 15.3 Å². The fourth-order valence-corrected chi connectivity index (χ4v) is 2.21. The number of nitrogens with zero attached hydrogens (tertiary/aromatic N) is 3. The molecule has 0 amide bonds. The summed E-state index contributed by atoms with van der Waals surface area (Å²) >= 11 is 3.34. The molecule has 82 valence electrons. The van der Waals surface area contributed by atoms with Gasteiger partial charge in [0.25, 0.3) is 0 Å². The average molecular weight is 271 g/mol. The molecule has 4 nitrogen and oxygen atoms in total. The van der Waals surface area contributed by atoms with Gasteiger partial charge in [-0.3, -0.25) is 0 Å². The molecule has 2 heterocycles. The van der Waals surface area contributed by atoms with Gasteiger partial charge in [-0.05, 0) is 35.8 Å². The van der Waals surface area contributed by atoms with Gasteiger partial charge in [-0.25, -0.2) is 9.97 Å². The first kappa shape index (κ1) is 10.8. The van der Waals surface area contributed by atoms with Crippen molar-refractivity contribution in [2.75, 3.05) is 25.0 Å². The standard InChI is InChI=1S/C10H15BrN4/c1-12-7-9-3-2-4-15(9)10-13-5-8(11)6-14-10/h5-6,9,12H,2-4,7H2,1H3. The maximum atomic E-state index is 4.33. The van der Waals surface area contributed by atoms with Gasteiger partial charge in [-0.2, -0.15) is 0 Å². The third kappa shape index (κ3) is 2.46. The molecule has 1 saturated heterocycles. The second kappa shape index (κ2) is 4.90. The first-order chi connectivity index (χ1) is 7.31. The summed E-state index contributed by atoms with van der Waals surface area (Å²) in [6, 6.07) is 0.538. The van der Waals surface area contributed by atoms with Gasteiger partial charge in [0.1, 0.15) is 0 Å². The molecular formula is C10H15BrN4. The van der Waals surface area contributed by atoms with E-state index < -0.39 is 0 Å². The SMILES string of the molecule is CNCC1CCCN1c1ncc(Br)cn1. The largest absolute Gasteiger partial charge is 0.337 e. The maximum Gasteiger partial charge on any atom is 0.225 e. The smallest absolute Gasteiger partial charge is 0.225 e. The van der Waals surface area contributed by atoms with Gasteiger partial charge in [0, 0.05) is 31.5 Å². The molecule has 0 bridgehead atoms. The van der Waals surface area contributed by atoms with Crippen LogP contribution in [0.3, 0.4) is 0 Å². The van der Waals surface area contributed by atoms with Crippen LogP contribution in [0.5, 0.6) is 0 Å². The Morgan fingerprint density at radius 3 is 2.93 bits per heavy atom. The van der Waals surface area contributed by atoms with Crippen molar-refractivity contribution < 1.29 is 0 Å². The zero-order valence-electron chi connectivity index (χ0n) is 8.78. The number of hydrogen-bond donors (Lipinski definition) is 1. The minimum Gasteiger partial charge on any atom is -0.337 e. The highest BCUT2D eigenvalue weighted by atomic mass is 79.9. The topological polar surface area (TPSA) is 41.0 Å². The van der Waals surface area contributed by atoms with Crippen LogP contribution in [0.15, 0.2) is 16.9 Å². The molecule has 1 atom stereocenters. The van der Waals surface area contributed by atoms with E-state index in [1.54, 1.807) is 12.4 Å². The first-order valence-electron chi connectivity index (χ1n) is 5.20. The van der Waals surface area contributed by atoms with E-state index in [1.807, 2.05) is 7.05 Å². The molecule has 1 N–H and O–H groups in total. The number of hydrogen-bond acceptors (Lipinski definition) is 4. The van der Waals surface area contributed by atoms with Gasteiger partial charge in [0.15, 0.2) is 0 Å². The third-order valence-electron chi connectivity index (χ3n) is 2.68. The van der Waals surface area contributed by atoms with E-state index in [-0.39, 0.29) is 0 Å². The molecular weight excluding hydrogens is 256 g/mol. The average Bonchev–Trinajstić information content (AvgIpc) is 2.68. The molecule has 0 aliphatic carbocycles. The number of anilines is 1. The molecule has 0 saturated carbocycles. The molecule has 5 heteroatoms. The molecule has 1 aliphatic heterocycles. The molecule has 1 fully saturated rings. The van der Waals surface area contributed by atoms with Crippen molar-refractivity contribution in [2.45, 2.75) is 18.9 Å². The number of aromatic nitrogens is 2. The number of nitrogens with one attached hydrogen (secondary N) is 1. The predicted molar refractivity (Wildman–Crippen MR) is 64.0 cm³/mol. The van der Waals surface area contributed by atoms with E-state index in [1.165, 1.54) is 12.8 Å². The lowest BCUT2D eigenvalue weighted by Crippen LogP contribution is -2.37. The second-order valence-corrected chi connectivity index (χ2v) is 4.66. The number of likely N-dealkylation sites (N-methyl/N-ethyl adjacent to an activating group) is 1. The van der Waals surface area contributed by atoms with Crippen LogP contribution < -0.4 is 10.2 Å². The molecule has 1 aliphatic rings. The Hall–Kier alpha value is -0.680. The van der Waals surface area contributed by atoms with Gasteiger partial charge in [-0.15, -0.1) is 0 Å². The van der Waals surface area contributed by atoms with E-state index >= 15 is 0 Å². The lowest BCUT2D eigenvalue weighted by Gasteiger charge is -2.24. The summed E-state index contributed by atoms with van der Waals surface area (Å²) in [4.78, 5) is 10.9. The Bertz CT molecular complexity index is 314. The Balaban J connectivity index is 2.11. The Morgan fingerprint density at radius 2 is 2.27 bits per heavy atom. The fraction of sp³-hybridized carbons (Fsp3) is 0.600. The first-order valence-corrected chi connectivity index (χ1v) is 5.99. The van der Waals surface area contributed by atoms with Crippen LogP contribution >= 0.6 is 15.9 Å².